The van der Waals surface area contributed by atoms with Crippen molar-refractivity contribution in [3.8, 4) is 5.75 Å². The molecule has 0 aliphatic carbocycles. The number of aliphatic hydroxyl groups excluding tert-OH is 1. The number of nitrogens with one attached hydrogen (secondary N) is 1. The molecule has 0 aromatic heterocycles. The van der Waals surface area contributed by atoms with Crippen LogP contribution in [0.2, 0.25) is 0 Å². The number of phenols is 1. The second-order valence-corrected chi connectivity index (χ2v) is 5.59. The Morgan fingerprint density at radius 3 is 2.50 bits per heavy atom. The second-order valence-electron chi connectivity index (χ2n) is 5.59. The normalized spacial score (nSPS) is 13.4. The fourth-order valence-corrected chi connectivity index (χ4v) is 2.41. The van der Waals surface area contributed by atoms with E-state index in [0.29, 0.717) is 12.0 Å². The van der Waals surface area contributed by atoms with E-state index in [1.54, 1.807) is 12.1 Å². The Kier molecular flexibility index (Phi) is 5.17. The predicted molar refractivity (Wildman–Crippen MR) is 85.8 cm³/mol. The monoisotopic (exact) mass is 299 g/mol. The minimum atomic E-state index is -0.623. The smallest absolute Gasteiger partial charge is 0.251 e. The third-order valence-corrected chi connectivity index (χ3v) is 3.46. The molecule has 0 saturated heterocycles. The van der Waals surface area contributed by atoms with Crippen LogP contribution in [0.3, 0.4) is 0 Å². The highest BCUT2D eigenvalue weighted by Gasteiger charge is 2.15. The summed E-state index contributed by atoms with van der Waals surface area (Å²) in [5, 5.41) is 22.6. The summed E-state index contributed by atoms with van der Waals surface area (Å²) in [6, 6.07) is 13.9. The molecule has 4 nitrogen and oxygen atoms in total. The van der Waals surface area contributed by atoms with Crippen molar-refractivity contribution in [2.45, 2.75) is 32.4 Å². The van der Waals surface area contributed by atoms with Gasteiger partial charge in [0.1, 0.15) is 5.75 Å². The van der Waals surface area contributed by atoms with Crippen LogP contribution in [0.15, 0.2) is 48.5 Å². The molecule has 0 heterocycles. The lowest BCUT2D eigenvalue weighted by Crippen LogP contribution is -2.33. The molecule has 116 valence electrons. The van der Waals surface area contributed by atoms with Crippen molar-refractivity contribution < 1.29 is 15.0 Å². The number of hydrogen-bond acceptors (Lipinski definition) is 3. The summed E-state index contributed by atoms with van der Waals surface area (Å²) in [7, 11) is 0. The molecule has 1 amide bonds. The zero-order valence-corrected chi connectivity index (χ0v) is 12.8. The molecule has 0 saturated carbocycles. The van der Waals surface area contributed by atoms with Gasteiger partial charge in [-0.25, -0.2) is 0 Å². The topological polar surface area (TPSA) is 69.6 Å². The highest BCUT2D eigenvalue weighted by molar-refractivity contribution is 5.95. The van der Waals surface area contributed by atoms with Crippen molar-refractivity contribution >= 4 is 5.91 Å². The van der Waals surface area contributed by atoms with E-state index >= 15 is 0 Å². The molecule has 0 aliphatic heterocycles. The van der Waals surface area contributed by atoms with Crippen molar-refractivity contribution in [3.05, 3.63) is 65.2 Å². The van der Waals surface area contributed by atoms with Gasteiger partial charge in [0.05, 0.1) is 6.10 Å². The molecule has 3 N–H and O–H groups in total. The molecule has 4 heteroatoms. The average molecular weight is 299 g/mol. The van der Waals surface area contributed by atoms with Gasteiger partial charge in [-0.2, -0.15) is 0 Å². The van der Waals surface area contributed by atoms with E-state index in [-0.39, 0.29) is 17.7 Å². The molecule has 0 spiro atoms. The number of phenolic OH excluding ortho intramolecular Hbond substituents is 1. The first kappa shape index (κ1) is 16.0. The highest BCUT2D eigenvalue weighted by atomic mass is 16.3. The summed E-state index contributed by atoms with van der Waals surface area (Å²) in [5.41, 5.74) is 2.07. The van der Waals surface area contributed by atoms with Crippen LogP contribution in [0.4, 0.5) is 0 Å². The molecular formula is C18H21NO3. The van der Waals surface area contributed by atoms with Gasteiger partial charge in [-0.05, 0) is 49.6 Å². The molecule has 0 bridgehead atoms. The Bertz CT molecular complexity index is 620. The maximum absolute atomic E-state index is 12.2. The van der Waals surface area contributed by atoms with Gasteiger partial charge in [-0.1, -0.05) is 30.3 Å². The van der Waals surface area contributed by atoms with Crippen molar-refractivity contribution in [3.63, 3.8) is 0 Å². The molecule has 0 fully saturated rings. The van der Waals surface area contributed by atoms with E-state index < -0.39 is 6.10 Å². The standard InChI is InChI=1S/C18H21NO3/c1-12-8-15(11-16(20)9-12)18(22)19-13(2)10-17(21)14-6-4-3-5-7-14/h3-9,11,13,17,20-21H,10H2,1-2H3,(H,19,22). The van der Waals surface area contributed by atoms with Crippen molar-refractivity contribution in [1.29, 1.82) is 0 Å². The number of hydrogen-bond donors (Lipinski definition) is 3. The Labute approximate surface area is 130 Å². The van der Waals surface area contributed by atoms with Crippen molar-refractivity contribution in [2.75, 3.05) is 0 Å². The van der Waals surface area contributed by atoms with Gasteiger partial charge < -0.3 is 15.5 Å². The van der Waals surface area contributed by atoms with Crippen LogP contribution in [0.25, 0.3) is 0 Å². The Morgan fingerprint density at radius 2 is 1.86 bits per heavy atom. The van der Waals surface area contributed by atoms with Gasteiger partial charge in [0.25, 0.3) is 5.91 Å². The number of aryl methyl sites for hydroxylation is 1. The number of rotatable bonds is 5. The molecule has 0 radical (unpaired) electrons. The first-order valence-electron chi connectivity index (χ1n) is 7.30. The predicted octanol–water partition coefficient (Wildman–Crippen LogP) is 2.94. The number of carbonyl (C=O) groups excluding carboxylic acids is 1. The van der Waals surface area contributed by atoms with Gasteiger partial charge >= 0.3 is 0 Å². The lowest BCUT2D eigenvalue weighted by atomic mass is 10.0. The van der Waals surface area contributed by atoms with Crippen molar-refractivity contribution in [2.24, 2.45) is 0 Å². The van der Waals surface area contributed by atoms with Crippen LogP contribution in [0.1, 0.15) is 40.9 Å². The number of aliphatic hydroxyl groups is 1. The van der Waals surface area contributed by atoms with Crippen LogP contribution in [-0.4, -0.2) is 22.2 Å². The summed E-state index contributed by atoms with van der Waals surface area (Å²) in [6.07, 6.45) is -0.199. The quantitative estimate of drug-likeness (QED) is 0.795. The van der Waals surface area contributed by atoms with Crippen LogP contribution in [-0.2, 0) is 0 Å². The molecule has 2 aromatic carbocycles. The molecule has 2 unspecified atom stereocenters. The van der Waals surface area contributed by atoms with Crippen LogP contribution < -0.4 is 5.32 Å². The van der Waals surface area contributed by atoms with Crippen LogP contribution in [0.5, 0.6) is 5.75 Å². The second kappa shape index (κ2) is 7.09. The molecule has 0 aliphatic rings. The summed E-state index contributed by atoms with van der Waals surface area (Å²) in [5.74, 6) is -0.186. The van der Waals surface area contributed by atoms with Crippen LogP contribution >= 0.6 is 0 Å². The summed E-state index contributed by atoms with van der Waals surface area (Å²) < 4.78 is 0. The third-order valence-electron chi connectivity index (χ3n) is 3.46. The SMILES string of the molecule is Cc1cc(O)cc(C(=O)NC(C)CC(O)c2ccccc2)c1. The summed E-state index contributed by atoms with van der Waals surface area (Å²) in [6.45, 7) is 3.67. The van der Waals surface area contributed by atoms with E-state index in [1.165, 1.54) is 6.07 Å². The largest absolute Gasteiger partial charge is 0.508 e. The first-order chi connectivity index (χ1) is 10.5. The van der Waals surface area contributed by atoms with Gasteiger partial charge in [0.15, 0.2) is 0 Å². The first-order valence-corrected chi connectivity index (χ1v) is 7.30. The number of amides is 1. The van der Waals surface area contributed by atoms with Crippen molar-refractivity contribution in [1.82, 2.24) is 5.32 Å². The van der Waals surface area contributed by atoms with Gasteiger partial charge in [-0.3, -0.25) is 4.79 Å². The fraction of sp³-hybridized carbons (Fsp3) is 0.278. The number of benzene rings is 2. The van der Waals surface area contributed by atoms with Gasteiger partial charge in [-0.15, -0.1) is 0 Å². The van der Waals surface area contributed by atoms with E-state index in [9.17, 15) is 15.0 Å². The summed E-state index contributed by atoms with van der Waals surface area (Å²) in [4.78, 5) is 12.2. The number of carbonyl (C=O) groups is 1. The van der Waals surface area contributed by atoms with Crippen LogP contribution in [0, 0.1) is 6.92 Å². The fourth-order valence-electron chi connectivity index (χ4n) is 2.41. The maximum atomic E-state index is 12.2. The van der Waals surface area contributed by atoms with E-state index in [1.807, 2.05) is 44.2 Å². The third kappa shape index (κ3) is 4.33. The Hall–Kier alpha value is -2.33. The minimum Gasteiger partial charge on any atom is -0.508 e. The zero-order valence-electron chi connectivity index (χ0n) is 12.8. The van der Waals surface area contributed by atoms with Gasteiger partial charge in [0, 0.05) is 11.6 Å². The lowest BCUT2D eigenvalue weighted by Gasteiger charge is -2.18. The Balaban J connectivity index is 1.96. The average Bonchev–Trinajstić information content (AvgIpc) is 2.47. The van der Waals surface area contributed by atoms with E-state index in [2.05, 4.69) is 5.32 Å². The zero-order chi connectivity index (χ0) is 16.1. The molecule has 2 aromatic rings. The molecular weight excluding hydrogens is 278 g/mol. The molecule has 2 rings (SSSR count). The maximum Gasteiger partial charge on any atom is 0.251 e. The summed E-state index contributed by atoms with van der Waals surface area (Å²) >= 11 is 0. The van der Waals surface area contributed by atoms with E-state index in [0.717, 1.165) is 11.1 Å². The Morgan fingerprint density at radius 1 is 1.18 bits per heavy atom. The minimum absolute atomic E-state index is 0.0714. The van der Waals surface area contributed by atoms with Gasteiger partial charge in [0.2, 0.25) is 0 Å². The number of aromatic hydroxyl groups is 1. The molecule has 2 atom stereocenters. The van der Waals surface area contributed by atoms with E-state index in [4.69, 9.17) is 0 Å². The highest BCUT2D eigenvalue weighted by Crippen LogP contribution is 2.19. The lowest BCUT2D eigenvalue weighted by molar-refractivity contribution is 0.0916. The molecule has 22 heavy (non-hydrogen) atoms.